The third kappa shape index (κ3) is 6.24. The number of carbonyl (C=O) groups is 2. The monoisotopic (exact) mass is 447 g/mol. The molecule has 1 aliphatic heterocycles. The van der Waals surface area contributed by atoms with Crippen molar-refractivity contribution >= 4 is 25.6 Å². The standard InChI is InChI=1S/C22H30FN3O4Si/c1-31(2,3)11-10-30-14-26-13-19-16-9-8-15(23)12-18(16)24-20(27)7-5-4-6-17(22(28)29)21(26)25-19/h8-9,12-13,17H,4-7,10-11,14H2,1-3H3,(H,24,27)(H,28,29). The maximum absolute atomic E-state index is 13.9. The Morgan fingerprint density at radius 3 is 2.84 bits per heavy atom. The van der Waals surface area contributed by atoms with Crippen molar-refractivity contribution < 1.29 is 23.8 Å². The Morgan fingerprint density at radius 1 is 1.35 bits per heavy atom. The first-order valence-corrected chi connectivity index (χ1v) is 14.3. The Hall–Kier alpha value is -2.52. The van der Waals surface area contributed by atoms with E-state index in [9.17, 15) is 19.1 Å². The van der Waals surface area contributed by atoms with Crippen LogP contribution in [-0.2, 0) is 21.1 Å². The van der Waals surface area contributed by atoms with Crippen LogP contribution in [-0.4, -0.2) is 41.2 Å². The number of nitrogens with one attached hydrogen (secondary N) is 1. The summed E-state index contributed by atoms with van der Waals surface area (Å²) in [6, 6.07) is 5.11. The van der Waals surface area contributed by atoms with E-state index in [0.717, 1.165) is 6.04 Å². The summed E-state index contributed by atoms with van der Waals surface area (Å²) in [5.74, 6) is -2.04. The molecule has 1 aromatic heterocycles. The Bertz CT molecular complexity index is 955. The van der Waals surface area contributed by atoms with Crippen LogP contribution in [0.15, 0.2) is 24.4 Å². The van der Waals surface area contributed by atoms with Crippen molar-refractivity contribution in [2.75, 3.05) is 11.9 Å². The lowest BCUT2D eigenvalue weighted by Gasteiger charge is -2.17. The summed E-state index contributed by atoms with van der Waals surface area (Å²) in [5, 5.41) is 12.6. The maximum Gasteiger partial charge on any atom is 0.314 e. The molecule has 1 aromatic carbocycles. The number of hydrogen-bond acceptors (Lipinski definition) is 4. The molecular formula is C22H30FN3O4Si. The summed E-state index contributed by atoms with van der Waals surface area (Å²) in [7, 11) is -1.25. The van der Waals surface area contributed by atoms with Gasteiger partial charge in [0.1, 0.15) is 24.3 Å². The van der Waals surface area contributed by atoms with E-state index >= 15 is 0 Å². The molecular weight excluding hydrogens is 417 g/mol. The smallest absolute Gasteiger partial charge is 0.314 e. The number of hydrogen-bond donors (Lipinski definition) is 2. The minimum Gasteiger partial charge on any atom is -0.481 e. The quantitative estimate of drug-likeness (QED) is 0.495. The van der Waals surface area contributed by atoms with E-state index in [2.05, 4.69) is 29.9 Å². The number of fused-ring (bicyclic) bond motifs is 4. The Labute approximate surface area is 182 Å². The molecule has 2 aromatic rings. The van der Waals surface area contributed by atoms with Crippen LogP contribution in [0.25, 0.3) is 11.3 Å². The van der Waals surface area contributed by atoms with Gasteiger partial charge in [-0.05, 0) is 37.1 Å². The van der Waals surface area contributed by atoms with Gasteiger partial charge < -0.3 is 19.7 Å². The highest BCUT2D eigenvalue weighted by atomic mass is 28.3. The predicted molar refractivity (Wildman–Crippen MR) is 119 cm³/mol. The molecule has 0 aliphatic carbocycles. The normalized spacial score (nSPS) is 17.3. The van der Waals surface area contributed by atoms with Crippen LogP contribution in [0.4, 0.5) is 10.1 Å². The minimum absolute atomic E-state index is 0.194. The summed E-state index contributed by atoms with van der Waals surface area (Å²) in [5.41, 5.74) is 1.35. The molecule has 7 nitrogen and oxygen atoms in total. The van der Waals surface area contributed by atoms with E-state index in [1.807, 2.05) is 0 Å². The summed E-state index contributed by atoms with van der Waals surface area (Å²) in [6.07, 6.45) is 3.46. The number of aliphatic carboxylic acids is 1. The average Bonchev–Trinajstić information content (AvgIpc) is 3.07. The van der Waals surface area contributed by atoms with Gasteiger partial charge in [0.25, 0.3) is 0 Å². The number of anilines is 1. The highest BCUT2D eigenvalue weighted by Gasteiger charge is 2.27. The Morgan fingerprint density at radius 2 is 2.13 bits per heavy atom. The number of carbonyl (C=O) groups excluding carboxylic acids is 1. The molecule has 1 aliphatic rings. The molecule has 9 heteroatoms. The van der Waals surface area contributed by atoms with Crippen molar-refractivity contribution in [1.29, 1.82) is 0 Å². The number of carboxylic acid groups (broad SMARTS) is 1. The molecule has 0 spiro atoms. The number of rotatable bonds is 6. The molecule has 0 radical (unpaired) electrons. The molecule has 1 unspecified atom stereocenters. The van der Waals surface area contributed by atoms with Crippen molar-refractivity contribution in [3.63, 3.8) is 0 Å². The molecule has 0 saturated carbocycles. The number of amides is 1. The number of aromatic nitrogens is 2. The molecule has 2 bridgehead atoms. The molecule has 0 saturated heterocycles. The second kappa shape index (κ2) is 9.74. The van der Waals surface area contributed by atoms with E-state index in [1.165, 1.54) is 12.1 Å². The number of benzene rings is 1. The first-order valence-electron chi connectivity index (χ1n) is 10.6. The van der Waals surface area contributed by atoms with Crippen LogP contribution < -0.4 is 5.32 Å². The summed E-state index contributed by atoms with van der Waals surface area (Å²) >= 11 is 0. The lowest BCUT2D eigenvalue weighted by Crippen LogP contribution is -2.23. The van der Waals surface area contributed by atoms with Crippen LogP contribution in [0.5, 0.6) is 0 Å². The Balaban J connectivity index is 1.99. The lowest BCUT2D eigenvalue weighted by molar-refractivity contribution is -0.139. The molecule has 2 N–H and O–H groups in total. The summed E-state index contributed by atoms with van der Waals surface area (Å²) in [6.45, 7) is 7.59. The number of imidazole rings is 1. The van der Waals surface area contributed by atoms with Crippen molar-refractivity contribution in [2.45, 2.75) is 64.0 Å². The summed E-state index contributed by atoms with van der Waals surface area (Å²) < 4.78 is 21.4. The van der Waals surface area contributed by atoms with E-state index in [4.69, 9.17) is 4.74 Å². The number of carboxylic acids is 1. The SMILES string of the molecule is C[Si](C)(C)CCOCn1cc2nc1C(C(=O)O)CCCCC(=O)Nc1cc(F)ccc1-2. The van der Waals surface area contributed by atoms with Crippen LogP contribution >= 0.6 is 0 Å². The van der Waals surface area contributed by atoms with Crippen LogP contribution in [0.2, 0.25) is 25.7 Å². The minimum atomic E-state index is -1.25. The van der Waals surface area contributed by atoms with Crippen molar-refractivity contribution in [3.8, 4) is 11.3 Å². The summed E-state index contributed by atoms with van der Waals surface area (Å²) in [4.78, 5) is 28.9. The van der Waals surface area contributed by atoms with Gasteiger partial charge in [-0.15, -0.1) is 0 Å². The van der Waals surface area contributed by atoms with Gasteiger partial charge in [-0.3, -0.25) is 9.59 Å². The molecule has 31 heavy (non-hydrogen) atoms. The lowest BCUT2D eigenvalue weighted by atomic mass is 10.00. The fraction of sp³-hybridized carbons (Fsp3) is 0.500. The second-order valence-electron chi connectivity index (χ2n) is 9.18. The van der Waals surface area contributed by atoms with Gasteiger partial charge in [-0.2, -0.15) is 0 Å². The van der Waals surface area contributed by atoms with Crippen molar-refractivity contribution in [1.82, 2.24) is 9.55 Å². The van der Waals surface area contributed by atoms with Crippen molar-refractivity contribution in [2.24, 2.45) is 0 Å². The largest absolute Gasteiger partial charge is 0.481 e. The van der Waals surface area contributed by atoms with Crippen LogP contribution in [0.3, 0.4) is 0 Å². The van der Waals surface area contributed by atoms with E-state index in [-0.39, 0.29) is 19.1 Å². The van der Waals surface area contributed by atoms with E-state index in [0.29, 0.717) is 48.6 Å². The third-order valence-electron chi connectivity index (χ3n) is 5.32. The third-order valence-corrected chi connectivity index (χ3v) is 7.03. The molecule has 0 fully saturated rings. The zero-order valence-electron chi connectivity index (χ0n) is 18.3. The van der Waals surface area contributed by atoms with Gasteiger partial charge in [0.05, 0.1) is 11.4 Å². The van der Waals surface area contributed by atoms with E-state index < -0.39 is 25.8 Å². The second-order valence-corrected chi connectivity index (χ2v) is 14.8. The topological polar surface area (TPSA) is 93.5 Å². The Kier molecular flexibility index (Phi) is 7.27. The molecule has 168 valence electrons. The van der Waals surface area contributed by atoms with Crippen molar-refractivity contribution in [3.05, 3.63) is 36.0 Å². The molecule has 3 rings (SSSR count). The molecule has 1 amide bonds. The molecule has 1 atom stereocenters. The van der Waals surface area contributed by atoms with Gasteiger partial charge in [0.2, 0.25) is 5.91 Å². The van der Waals surface area contributed by atoms with Gasteiger partial charge in [0, 0.05) is 32.9 Å². The van der Waals surface area contributed by atoms with Gasteiger partial charge >= 0.3 is 5.97 Å². The first kappa shape index (κ1) is 23.1. The average molecular weight is 448 g/mol. The van der Waals surface area contributed by atoms with Gasteiger partial charge in [-0.1, -0.05) is 26.1 Å². The fourth-order valence-corrected chi connectivity index (χ4v) is 4.29. The first-order chi connectivity index (χ1) is 14.6. The fourth-order valence-electron chi connectivity index (χ4n) is 3.54. The van der Waals surface area contributed by atoms with E-state index in [1.54, 1.807) is 16.8 Å². The highest BCUT2D eigenvalue weighted by Crippen LogP contribution is 2.32. The zero-order valence-corrected chi connectivity index (χ0v) is 19.3. The van der Waals surface area contributed by atoms with Gasteiger partial charge in [-0.25, -0.2) is 9.37 Å². The number of nitrogens with zero attached hydrogens (tertiary/aromatic N) is 2. The zero-order chi connectivity index (χ0) is 22.6. The van der Waals surface area contributed by atoms with Crippen LogP contribution in [0, 0.1) is 5.82 Å². The number of halogens is 1. The maximum atomic E-state index is 13.9. The highest BCUT2D eigenvalue weighted by molar-refractivity contribution is 6.76. The molecule has 2 heterocycles. The van der Waals surface area contributed by atoms with Gasteiger partial charge in [0.15, 0.2) is 0 Å². The number of ether oxygens (including phenoxy) is 1. The predicted octanol–water partition coefficient (Wildman–Crippen LogP) is 4.68. The van der Waals surface area contributed by atoms with Crippen LogP contribution in [0.1, 0.15) is 37.4 Å².